The van der Waals surface area contributed by atoms with Crippen molar-refractivity contribution < 1.29 is 18.3 Å². The van der Waals surface area contributed by atoms with Gasteiger partial charge in [-0.15, -0.1) is 0 Å². The number of nitrogens with zero attached hydrogens (tertiary/aromatic N) is 4. The molecule has 1 N–H and O–H groups in total. The van der Waals surface area contributed by atoms with Gasteiger partial charge in [0, 0.05) is 31.9 Å². The molecule has 0 bridgehead atoms. The first-order valence-electron chi connectivity index (χ1n) is 8.59. The summed E-state index contributed by atoms with van der Waals surface area (Å²) in [5.41, 5.74) is 2.10. The third-order valence-corrected chi connectivity index (χ3v) is 6.49. The minimum atomic E-state index is -3.57. The average Bonchev–Trinajstić information content (AvgIpc) is 3.11. The molecule has 3 rings (SSSR count). The smallest absolute Gasteiger partial charge is 0.335 e. The Bertz CT molecular complexity index is 975. The van der Waals surface area contributed by atoms with E-state index in [1.54, 1.807) is 24.3 Å². The minimum absolute atomic E-state index is 0.169. The van der Waals surface area contributed by atoms with Crippen molar-refractivity contribution >= 4 is 16.2 Å². The van der Waals surface area contributed by atoms with Crippen LogP contribution in [-0.4, -0.2) is 58.7 Å². The van der Waals surface area contributed by atoms with Crippen LogP contribution in [0.2, 0.25) is 0 Å². The van der Waals surface area contributed by atoms with E-state index in [1.165, 1.54) is 28.8 Å². The third kappa shape index (κ3) is 3.85. The van der Waals surface area contributed by atoms with Gasteiger partial charge in [-0.1, -0.05) is 12.1 Å². The van der Waals surface area contributed by atoms with Gasteiger partial charge in [-0.25, -0.2) is 14.8 Å². The molecule has 8 nitrogen and oxygen atoms in total. The molecule has 1 aromatic carbocycles. The van der Waals surface area contributed by atoms with Crippen molar-refractivity contribution in [1.82, 2.24) is 18.6 Å². The highest BCUT2D eigenvalue weighted by Gasteiger charge is 2.38. The molecule has 1 aromatic heterocycles. The lowest BCUT2D eigenvalue weighted by Gasteiger charge is -2.26. The topological polar surface area (TPSA) is 104 Å². The van der Waals surface area contributed by atoms with Gasteiger partial charge in [-0.05, 0) is 38.0 Å². The summed E-state index contributed by atoms with van der Waals surface area (Å²) < 4.78 is 27.8. The molecule has 2 heterocycles. The van der Waals surface area contributed by atoms with Crippen molar-refractivity contribution in [2.45, 2.75) is 25.8 Å². The van der Waals surface area contributed by atoms with E-state index in [2.05, 4.69) is 9.97 Å². The van der Waals surface area contributed by atoms with Crippen molar-refractivity contribution in [3.05, 3.63) is 47.4 Å². The zero-order valence-corrected chi connectivity index (χ0v) is 16.3. The lowest BCUT2D eigenvalue weighted by atomic mass is 10.1. The first-order valence-corrected chi connectivity index (χ1v) is 9.98. The third-order valence-electron chi connectivity index (χ3n) is 4.54. The van der Waals surface area contributed by atoms with Gasteiger partial charge in [0.1, 0.15) is 5.82 Å². The van der Waals surface area contributed by atoms with Crippen LogP contribution in [-0.2, 0) is 10.2 Å². The summed E-state index contributed by atoms with van der Waals surface area (Å²) in [6.45, 7) is 2.24. The van der Waals surface area contributed by atoms with Crippen molar-refractivity contribution in [3.8, 4) is 11.3 Å². The molecule has 0 unspecified atom stereocenters. The van der Waals surface area contributed by atoms with Gasteiger partial charge in [0.15, 0.2) is 0 Å². The van der Waals surface area contributed by atoms with Crippen molar-refractivity contribution in [2.24, 2.45) is 0 Å². The molecule has 0 spiro atoms. The second-order valence-electron chi connectivity index (χ2n) is 6.70. The number of hydrogen-bond acceptors (Lipinski definition) is 5. The minimum Gasteiger partial charge on any atom is -0.478 e. The highest BCUT2D eigenvalue weighted by Crippen LogP contribution is 2.34. The molecule has 1 saturated heterocycles. The molecule has 1 fully saturated rings. The van der Waals surface area contributed by atoms with Crippen LogP contribution in [0.1, 0.15) is 40.8 Å². The Labute approximate surface area is 158 Å². The fourth-order valence-corrected chi connectivity index (χ4v) is 4.48. The normalized spacial score (nSPS) is 18.1. The number of aryl methyl sites for hydroxylation is 1. The Morgan fingerprint density at radius 1 is 1.26 bits per heavy atom. The van der Waals surface area contributed by atoms with Crippen LogP contribution in [0.15, 0.2) is 30.3 Å². The van der Waals surface area contributed by atoms with E-state index in [1.807, 2.05) is 6.92 Å². The van der Waals surface area contributed by atoms with Crippen molar-refractivity contribution in [3.63, 3.8) is 0 Å². The molecule has 9 heteroatoms. The monoisotopic (exact) mass is 390 g/mol. The standard InChI is InChI=1S/C18H22N4O4S/c1-12-10-15(13-6-4-7-14(11-13)18(23)24)20-17(19-12)16-8-5-9-22(16)27(25,26)21(2)3/h4,6-7,10-11,16H,5,8-9H2,1-3H3,(H,23,24)/t16-/m0/s1. The molecule has 1 atom stereocenters. The maximum atomic E-state index is 12.6. The Morgan fingerprint density at radius 2 is 2.00 bits per heavy atom. The Morgan fingerprint density at radius 3 is 2.67 bits per heavy atom. The number of aromatic carboxylic acids is 1. The number of benzene rings is 1. The fraction of sp³-hybridized carbons (Fsp3) is 0.389. The van der Waals surface area contributed by atoms with Crippen molar-refractivity contribution in [1.29, 1.82) is 0 Å². The Kier molecular flexibility index (Phi) is 5.27. The molecule has 0 radical (unpaired) electrons. The van der Waals surface area contributed by atoms with Gasteiger partial charge in [0.25, 0.3) is 10.2 Å². The maximum absolute atomic E-state index is 12.6. The highest BCUT2D eigenvalue weighted by molar-refractivity contribution is 7.86. The number of hydrogen-bond donors (Lipinski definition) is 1. The van der Waals surface area contributed by atoms with Gasteiger partial charge in [0.05, 0.1) is 17.3 Å². The van der Waals surface area contributed by atoms with E-state index < -0.39 is 22.2 Å². The van der Waals surface area contributed by atoms with Gasteiger partial charge < -0.3 is 5.11 Å². The zero-order valence-electron chi connectivity index (χ0n) is 15.5. The number of rotatable bonds is 5. The first kappa shape index (κ1) is 19.4. The predicted octanol–water partition coefficient (Wildman–Crippen LogP) is 2.09. The molecule has 0 aliphatic carbocycles. The van der Waals surface area contributed by atoms with E-state index in [4.69, 9.17) is 0 Å². The van der Waals surface area contributed by atoms with Crippen LogP contribution in [0.25, 0.3) is 11.3 Å². The number of carboxylic acids is 1. The van der Waals surface area contributed by atoms with Gasteiger partial charge in [0.2, 0.25) is 0 Å². The Hall–Kier alpha value is -2.36. The van der Waals surface area contributed by atoms with Crippen LogP contribution in [0, 0.1) is 6.92 Å². The van der Waals surface area contributed by atoms with Gasteiger partial charge >= 0.3 is 5.97 Å². The molecular formula is C18H22N4O4S. The molecule has 144 valence electrons. The van der Waals surface area contributed by atoms with Gasteiger partial charge in [-0.3, -0.25) is 0 Å². The molecule has 1 aliphatic rings. The summed E-state index contributed by atoms with van der Waals surface area (Å²) in [4.78, 5) is 20.3. The largest absolute Gasteiger partial charge is 0.478 e. The summed E-state index contributed by atoms with van der Waals surface area (Å²) in [6, 6.07) is 7.85. The molecule has 27 heavy (non-hydrogen) atoms. The lowest BCUT2D eigenvalue weighted by Crippen LogP contribution is -2.40. The SMILES string of the molecule is Cc1cc(-c2cccc(C(=O)O)c2)nc([C@@H]2CCCN2S(=O)(=O)N(C)C)n1. The van der Waals surface area contributed by atoms with Crippen molar-refractivity contribution in [2.75, 3.05) is 20.6 Å². The summed E-state index contributed by atoms with van der Waals surface area (Å²) in [7, 11) is -0.564. The van der Waals surface area contributed by atoms with Crippen LogP contribution < -0.4 is 0 Å². The lowest BCUT2D eigenvalue weighted by molar-refractivity contribution is 0.0697. The first-order chi connectivity index (χ1) is 12.7. The maximum Gasteiger partial charge on any atom is 0.335 e. The number of carbonyl (C=O) groups is 1. The van der Waals surface area contributed by atoms with Crippen LogP contribution in [0.4, 0.5) is 0 Å². The van der Waals surface area contributed by atoms with E-state index in [0.29, 0.717) is 35.7 Å². The molecular weight excluding hydrogens is 368 g/mol. The van der Waals surface area contributed by atoms with Crippen LogP contribution in [0.3, 0.4) is 0 Å². The summed E-state index contributed by atoms with van der Waals surface area (Å²) in [5, 5.41) is 9.20. The summed E-state index contributed by atoms with van der Waals surface area (Å²) >= 11 is 0. The second kappa shape index (κ2) is 7.34. The molecule has 1 aliphatic heterocycles. The molecule has 0 amide bonds. The predicted molar refractivity (Wildman–Crippen MR) is 100 cm³/mol. The van der Waals surface area contributed by atoms with E-state index in [9.17, 15) is 18.3 Å². The quantitative estimate of drug-likeness (QED) is 0.838. The number of aromatic nitrogens is 2. The van der Waals surface area contributed by atoms with Crippen LogP contribution in [0.5, 0.6) is 0 Å². The molecule has 0 saturated carbocycles. The average molecular weight is 390 g/mol. The second-order valence-corrected chi connectivity index (χ2v) is 8.79. The molecule has 2 aromatic rings. The number of carboxylic acid groups (broad SMARTS) is 1. The highest BCUT2D eigenvalue weighted by atomic mass is 32.2. The Balaban J connectivity index is 2.03. The van der Waals surface area contributed by atoms with Gasteiger partial charge in [-0.2, -0.15) is 17.0 Å². The summed E-state index contributed by atoms with van der Waals surface area (Å²) in [5.74, 6) is -0.574. The van der Waals surface area contributed by atoms with Crippen LogP contribution >= 0.6 is 0 Å². The van der Waals surface area contributed by atoms with E-state index >= 15 is 0 Å². The fourth-order valence-electron chi connectivity index (χ4n) is 3.18. The zero-order chi connectivity index (χ0) is 19.8. The summed E-state index contributed by atoms with van der Waals surface area (Å²) in [6.07, 6.45) is 1.38. The van der Waals surface area contributed by atoms with E-state index in [-0.39, 0.29) is 5.56 Å². The van der Waals surface area contributed by atoms with E-state index in [0.717, 1.165) is 6.42 Å².